The summed E-state index contributed by atoms with van der Waals surface area (Å²) in [4.78, 5) is 0. The lowest BCUT2D eigenvalue weighted by Crippen LogP contribution is -2.27. The Balaban J connectivity index is 2.72. The molecule has 0 fully saturated rings. The molecule has 2 nitrogen and oxygen atoms in total. The summed E-state index contributed by atoms with van der Waals surface area (Å²) in [5.74, 6) is 11.3. The predicted octanol–water partition coefficient (Wildman–Crippen LogP) is 3.36. The van der Waals surface area contributed by atoms with E-state index in [9.17, 15) is 0 Å². The quantitative estimate of drug-likeness (QED) is 0.496. The van der Waals surface area contributed by atoms with Gasteiger partial charge < -0.3 is 0 Å². The zero-order chi connectivity index (χ0) is 11.3. The molecule has 1 unspecified atom stereocenters. The van der Waals surface area contributed by atoms with Crippen LogP contribution in [0.15, 0.2) is 6.07 Å². The monoisotopic (exact) mass is 262 g/mol. The second kappa shape index (κ2) is 6.37. The first kappa shape index (κ1) is 12.8. The number of halogens is 2. The van der Waals surface area contributed by atoms with Gasteiger partial charge in [-0.2, -0.15) is 0 Å². The average molecular weight is 263 g/mol. The molecule has 0 aliphatic carbocycles. The number of nitrogens with two attached hydrogens (primary N) is 1. The van der Waals surface area contributed by atoms with Gasteiger partial charge in [0.2, 0.25) is 0 Å². The fraction of sp³-hybridized carbons (Fsp3) is 0.400. The Morgan fingerprint density at radius 2 is 2.33 bits per heavy atom. The van der Waals surface area contributed by atoms with Crippen LogP contribution in [0.2, 0.25) is 8.67 Å². The molecule has 82 valence electrons. The molecule has 15 heavy (non-hydrogen) atoms. The van der Waals surface area contributed by atoms with Crippen molar-refractivity contribution in [2.24, 2.45) is 5.84 Å². The second-order valence-electron chi connectivity index (χ2n) is 2.96. The van der Waals surface area contributed by atoms with Gasteiger partial charge in [0.1, 0.15) is 0 Å². The first-order valence-electron chi connectivity index (χ1n) is 4.49. The molecule has 3 N–H and O–H groups in total. The van der Waals surface area contributed by atoms with E-state index >= 15 is 0 Å². The molecule has 1 atom stereocenters. The number of hydrogen-bond donors (Lipinski definition) is 2. The smallest absolute Gasteiger partial charge is 0.0992 e. The Labute approximate surface area is 104 Å². The minimum Gasteiger partial charge on any atom is -0.271 e. The fourth-order valence-corrected chi connectivity index (χ4v) is 2.84. The Morgan fingerprint density at radius 1 is 1.60 bits per heavy atom. The summed E-state index contributed by atoms with van der Waals surface area (Å²) < 4.78 is 1.37. The SMILES string of the molecule is CC#CCCC(NN)c1cc(Cl)sc1Cl. The summed E-state index contributed by atoms with van der Waals surface area (Å²) >= 11 is 13.3. The van der Waals surface area contributed by atoms with E-state index in [1.165, 1.54) is 11.3 Å². The van der Waals surface area contributed by atoms with Crippen molar-refractivity contribution in [2.45, 2.75) is 25.8 Å². The molecule has 0 spiro atoms. The number of hydrazine groups is 1. The van der Waals surface area contributed by atoms with Crippen LogP contribution in [0.3, 0.4) is 0 Å². The van der Waals surface area contributed by atoms with Crippen molar-refractivity contribution in [3.63, 3.8) is 0 Å². The zero-order valence-corrected chi connectivity index (χ0v) is 10.6. The van der Waals surface area contributed by atoms with Crippen LogP contribution in [-0.4, -0.2) is 0 Å². The van der Waals surface area contributed by atoms with Crippen LogP contribution in [0, 0.1) is 11.8 Å². The molecule has 1 aromatic rings. The molecule has 0 saturated heterocycles. The molecular formula is C10H12Cl2N2S. The van der Waals surface area contributed by atoms with Crippen molar-refractivity contribution < 1.29 is 0 Å². The van der Waals surface area contributed by atoms with Crippen molar-refractivity contribution in [2.75, 3.05) is 0 Å². The Hall–Kier alpha value is -0.240. The molecule has 1 rings (SSSR count). The maximum absolute atomic E-state index is 6.03. The summed E-state index contributed by atoms with van der Waals surface area (Å²) in [6, 6.07) is 1.86. The van der Waals surface area contributed by atoms with Crippen molar-refractivity contribution in [1.82, 2.24) is 5.43 Å². The lowest BCUT2D eigenvalue weighted by molar-refractivity contribution is 0.525. The molecule has 0 amide bonds. The fourth-order valence-electron chi connectivity index (χ4n) is 1.26. The van der Waals surface area contributed by atoms with E-state index in [1.807, 2.05) is 13.0 Å². The number of nitrogens with one attached hydrogen (secondary N) is 1. The van der Waals surface area contributed by atoms with Gasteiger partial charge in [-0.1, -0.05) is 23.2 Å². The van der Waals surface area contributed by atoms with E-state index in [2.05, 4.69) is 17.3 Å². The highest BCUT2D eigenvalue weighted by molar-refractivity contribution is 7.20. The van der Waals surface area contributed by atoms with E-state index in [-0.39, 0.29) is 6.04 Å². The van der Waals surface area contributed by atoms with E-state index in [1.54, 1.807) is 0 Å². The highest BCUT2D eigenvalue weighted by Gasteiger charge is 2.15. The van der Waals surface area contributed by atoms with Gasteiger partial charge in [-0.15, -0.1) is 23.2 Å². The highest BCUT2D eigenvalue weighted by Crippen LogP contribution is 2.36. The summed E-state index contributed by atoms with van der Waals surface area (Å²) in [5, 5.41) is 0. The van der Waals surface area contributed by atoms with Crippen LogP contribution < -0.4 is 11.3 Å². The molecule has 1 heterocycles. The lowest BCUT2D eigenvalue weighted by atomic mass is 10.1. The number of hydrogen-bond acceptors (Lipinski definition) is 3. The maximum Gasteiger partial charge on any atom is 0.0992 e. The third-order valence-corrected chi connectivity index (χ3v) is 3.51. The first-order valence-corrected chi connectivity index (χ1v) is 6.06. The van der Waals surface area contributed by atoms with Crippen molar-refractivity contribution in [3.05, 3.63) is 20.3 Å². The van der Waals surface area contributed by atoms with Gasteiger partial charge in [-0.25, -0.2) is 0 Å². The maximum atomic E-state index is 6.03. The third-order valence-electron chi connectivity index (χ3n) is 1.99. The molecule has 0 aromatic carbocycles. The molecule has 0 aliphatic heterocycles. The highest BCUT2D eigenvalue weighted by atomic mass is 35.5. The zero-order valence-electron chi connectivity index (χ0n) is 8.31. The number of thiophene rings is 1. The Bertz CT molecular complexity index is 379. The molecular weight excluding hydrogens is 251 g/mol. The van der Waals surface area contributed by atoms with Gasteiger partial charge in [0.05, 0.1) is 8.67 Å². The summed E-state index contributed by atoms with van der Waals surface area (Å²) in [6.45, 7) is 1.82. The van der Waals surface area contributed by atoms with Gasteiger partial charge in [0.25, 0.3) is 0 Å². The van der Waals surface area contributed by atoms with Gasteiger partial charge in [0, 0.05) is 18.0 Å². The molecule has 0 bridgehead atoms. The van der Waals surface area contributed by atoms with Crippen LogP contribution in [0.25, 0.3) is 0 Å². The third kappa shape index (κ3) is 3.67. The topological polar surface area (TPSA) is 38.0 Å². The largest absolute Gasteiger partial charge is 0.271 e. The van der Waals surface area contributed by atoms with Crippen LogP contribution in [0.1, 0.15) is 31.4 Å². The van der Waals surface area contributed by atoms with E-state index in [0.29, 0.717) is 8.67 Å². The summed E-state index contributed by atoms with van der Waals surface area (Å²) in [5.41, 5.74) is 3.68. The van der Waals surface area contributed by atoms with Gasteiger partial charge in [-0.3, -0.25) is 11.3 Å². The normalized spacial score (nSPS) is 12.0. The molecule has 0 radical (unpaired) electrons. The van der Waals surface area contributed by atoms with Crippen LogP contribution in [0.4, 0.5) is 0 Å². The molecule has 0 saturated carbocycles. The Kier molecular flexibility index (Phi) is 5.44. The van der Waals surface area contributed by atoms with Crippen molar-refractivity contribution >= 4 is 34.5 Å². The van der Waals surface area contributed by atoms with Crippen LogP contribution in [-0.2, 0) is 0 Å². The minimum atomic E-state index is 0.0158. The standard InChI is InChI=1S/C10H12Cl2N2S/c1-2-3-4-5-8(14-13)7-6-9(11)15-10(7)12/h6,8,14H,4-5,13H2,1H3. The minimum absolute atomic E-state index is 0.0158. The summed E-state index contributed by atoms with van der Waals surface area (Å²) in [7, 11) is 0. The van der Waals surface area contributed by atoms with Crippen LogP contribution in [0.5, 0.6) is 0 Å². The van der Waals surface area contributed by atoms with Crippen molar-refractivity contribution in [1.29, 1.82) is 0 Å². The molecule has 1 aromatic heterocycles. The van der Waals surface area contributed by atoms with Gasteiger partial charge in [0.15, 0.2) is 0 Å². The van der Waals surface area contributed by atoms with E-state index in [0.717, 1.165) is 18.4 Å². The second-order valence-corrected chi connectivity index (χ2v) is 5.25. The van der Waals surface area contributed by atoms with Gasteiger partial charge in [-0.05, 0) is 19.4 Å². The molecule has 5 heteroatoms. The molecule has 0 aliphatic rings. The Morgan fingerprint density at radius 3 is 2.80 bits per heavy atom. The van der Waals surface area contributed by atoms with E-state index in [4.69, 9.17) is 29.0 Å². The first-order chi connectivity index (χ1) is 7.19. The number of rotatable bonds is 4. The average Bonchev–Trinajstić information content (AvgIpc) is 2.53. The lowest BCUT2D eigenvalue weighted by Gasteiger charge is -2.13. The summed E-state index contributed by atoms with van der Waals surface area (Å²) in [6.07, 6.45) is 1.61. The van der Waals surface area contributed by atoms with E-state index < -0.39 is 0 Å². The van der Waals surface area contributed by atoms with Crippen molar-refractivity contribution in [3.8, 4) is 11.8 Å². The van der Waals surface area contributed by atoms with Crippen LogP contribution >= 0.6 is 34.5 Å². The predicted molar refractivity (Wildman–Crippen MR) is 67.1 cm³/mol. The van der Waals surface area contributed by atoms with Gasteiger partial charge >= 0.3 is 0 Å².